The van der Waals surface area contributed by atoms with E-state index in [9.17, 15) is 24.0 Å². The molecule has 15 heteroatoms. The fourth-order valence-corrected chi connectivity index (χ4v) is 13.2. The van der Waals surface area contributed by atoms with Gasteiger partial charge in [-0.3, -0.25) is 24.0 Å². The molecule has 0 bridgehead atoms. The van der Waals surface area contributed by atoms with E-state index < -0.39 is 29.8 Å². The minimum atomic E-state index is -0.653. The molecule has 0 aliphatic carbocycles. The van der Waals surface area contributed by atoms with Gasteiger partial charge in [-0.2, -0.15) is 0 Å². The molecule has 10 nitrogen and oxygen atoms in total. The van der Waals surface area contributed by atoms with Crippen LogP contribution in [0.5, 0.6) is 0 Å². The van der Waals surface area contributed by atoms with E-state index in [1.165, 1.54) is 417 Å². The van der Waals surface area contributed by atoms with Crippen molar-refractivity contribution in [1.29, 1.82) is 0 Å². The molecular weight excluding hydrogens is 1440 g/mol. The maximum Gasteiger partial charge on any atom is 2.00 e. The number of carboxylic acid groups (broad SMARTS) is 5. The fraction of sp³-hybridized carbons (Fsp3) is 0.944. The van der Waals surface area contributed by atoms with Crippen LogP contribution in [0.15, 0.2) is 0 Å². The monoisotopic (exact) mass is 1620 g/mol. The van der Waals surface area contributed by atoms with Gasteiger partial charge in [0.1, 0.15) is 0 Å². The zero-order chi connectivity index (χ0) is 74.5. The van der Waals surface area contributed by atoms with Crippen LogP contribution in [-0.4, -0.2) is 244 Å². The van der Waals surface area contributed by atoms with Gasteiger partial charge < -0.3 is 25.5 Å². The van der Waals surface area contributed by atoms with Crippen LogP contribution >= 0.6 is 0 Å². The zero-order valence-corrected chi connectivity index (χ0v) is 82.9. The Morgan fingerprint density at radius 3 is 0.238 bits per heavy atom. The molecule has 0 aliphatic rings. The number of aliphatic carboxylic acids is 5. The van der Waals surface area contributed by atoms with Crippen LogP contribution in [0.4, 0.5) is 0 Å². The molecule has 0 spiro atoms. The Morgan fingerprint density at radius 1 is 0.124 bits per heavy atom. The first kappa shape index (κ1) is 129. The SMILES string of the molecule is CCCCCCCCCCCCCCCCCC(=O)O.CCCCCCCCCCCCCCCCCC(=O)O.CCCCCCCCCCCCCCCCCC(=O)O.CCCCCCCCCCCCCCCCCC(=O)O.CCCCCCCCCCCCCCCCCC(=O)O.[Ca+2].[Ca+2].[Ca+2].[Ca+2].[Ca+2]. The van der Waals surface area contributed by atoms with Crippen molar-refractivity contribution in [2.24, 2.45) is 0 Å². The third-order valence-electron chi connectivity index (χ3n) is 20.0. The third-order valence-corrected chi connectivity index (χ3v) is 20.0. The summed E-state index contributed by atoms with van der Waals surface area (Å²) in [6.45, 7) is 11.4. The van der Waals surface area contributed by atoms with Gasteiger partial charge in [-0.1, -0.05) is 484 Å². The summed E-state index contributed by atoms with van der Waals surface area (Å²) in [5, 5.41) is 42.6. The molecule has 0 aromatic heterocycles. The summed E-state index contributed by atoms with van der Waals surface area (Å²) >= 11 is 0. The average Bonchev–Trinajstić information content (AvgIpc) is 3.69. The van der Waals surface area contributed by atoms with Crippen LogP contribution in [0.25, 0.3) is 0 Å². The molecule has 105 heavy (non-hydrogen) atoms. The van der Waals surface area contributed by atoms with Gasteiger partial charge in [0, 0.05) is 32.1 Å². The van der Waals surface area contributed by atoms with E-state index in [2.05, 4.69) is 34.6 Å². The Hall–Kier alpha value is 3.65. The Balaban J connectivity index is -0.000000133. The molecule has 0 saturated heterocycles. The number of rotatable bonds is 80. The van der Waals surface area contributed by atoms with Crippen LogP contribution in [-0.2, 0) is 24.0 Å². The summed E-state index contributed by atoms with van der Waals surface area (Å²) < 4.78 is 0. The standard InChI is InChI=1S/5C18H36O2.5Ca/c5*1-2-3-4-5-6-7-8-9-10-11-12-13-14-15-16-17-18(19)20;;;;;/h5*2-17H2,1H3,(H,19,20);;;;;/q;;;;;5*+2. The van der Waals surface area contributed by atoms with E-state index in [-0.39, 0.29) is 189 Å². The normalized spacial score (nSPS) is 10.3. The predicted molar refractivity (Wildman–Crippen MR) is 465 cm³/mol. The number of carboxylic acids is 5. The Labute approximate surface area is 805 Å². The number of hydrogen-bond acceptors (Lipinski definition) is 5. The van der Waals surface area contributed by atoms with E-state index in [0.29, 0.717) is 32.1 Å². The van der Waals surface area contributed by atoms with Crippen molar-refractivity contribution in [3.63, 3.8) is 0 Å². The first-order valence-corrected chi connectivity index (χ1v) is 44.9. The summed E-state index contributed by atoms with van der Waals surface area (Å²) in [4.78, 5) is 51.7. The summed E-state index contributed by atoms with van der Waals surface area (Å²) in [5.74, 6) is -3.27. The van der Waals surface area contributed by atoms with Crippen molar-refractivity contribution < 1.29 is 49.5 Å². The number of unbranched alkanes of at least 4 members (excludes halogenated alkanes) is 70. The van der Waals surface area contributed by atoms with E-state index in [0.717, 1.165) is 64.2 Å². The van der Waals surface area contributed by atoms with Crippen LogP contribution in [0.2, 0.25) is 0 Å². The molecule has 0 aromatic carbocycles. The van der Waals surface area contributed by atoms with Gasteiger partial charge in [0.15, 0.2) is 0 Å². The largest absolute Gasteiger partial charge is 2.00 e. The van der Waals surface area contributed by atoms with E-state index in [1.54, 1.807) is 0 Å². The van der Waals surface area contributed by atoms with Gasteiger partial charge in [-0.15, -0.1) is 0 Å². The molecule has 0 unspecified atom stereocenters. The van der Waals surface area contributed by atoms with Crippen molar-refractivity contribution in [2.75, 3.05) is 0 Å². The summed E-state index contributed by atoms with van der Waals surface area (Å²) in [5.41, 5.74) is 0. The zero-order valence-electron chi connectivity index (χ0n) is 71.9. The van der Waals surface area contributed by atoms with Crippen molar-refractivity contribution in [3.05, 3.63) is 0 Å². The van der Waals surface area contributed by atoms with E-state index >= 15 is 0 Å². The Kier molecular flexibility index (Phi) is 155. The molecule has 600 valence electrons. The molecule has 0 aromatic rings. The second-order valence-corrected chi connectivity index (χ2v) is 30.5. The summed E-state index contributed by atoms with van der Waals surface area (Å²) in [6.07, 6.45) is 101. The molecular formula is C90H180Ca5O10+10. The molecule has 0 fully saturated rings. The van der Waals surface area contributed by atoms with Crippen LogP contribution in [0.1, 0.15) is 548 Å². The Morgan fingerprint density at radius 2 is 0.181 bits per heavy atom. The molecule has 0 saturated carbocycles. The quantitative estimate of drug-likeness (QED) is 0.0290. The maximum atomic E-state index is 10.3. The van der Waals surface area contributed by atoms with Gasteiger partial charge in [0.05, 0.1) is 0 Å². The first-order chi connectivity index (χ1) is 48.9. The van der Waals surface area contributed by atoms with Crippen molar-refractivity contribution in [2.45, 2.75) is 548 Å². The van der Waals surface area contributed by atoms with Crippen LogP contribution in [0.3, 0.4) is 0 Å². The molecule has 0 aliphatic heterocycles. The average molecular weight is 1620 g/mol. The van der Waals surface area contributed by atoms with Crippen molar-refractivity contribution in [1.82, 2.24) is 0 Å². The van der Waals surface area contributed by atoms with Crippen molar-refractivity contribution >= 4 is 219 Å². The topological polar surface area (TPSA) is 186 Å². The number of carbonyl (C=O) groups is 5. The Bertz CT molecular complexity index is 1290. The minimum Gasteiger partial charge on any atom is -0.481 e. The minimum absolute atomic E-state index is 0. The molecule has 0 amide bonds. The fourth-order valence-electron chi connectivity index (χ4n) is 13.2. The molecule has 0 radical (unpaired) electrons. The van der Waals surface area contributed by atoms with Gasteiger partial charge >= 0.3 is 219 Å². The van der Waals surface area contributed by atoms with Gasteiger partial charge in [0.2, 0.25) is 0 Å². The molecule has 5 N–H and O–H groups in total. The van der Waals surface area contributed by atoms with Gasteiger partial charge in [0.25, 0.3) is 0 Å². The van der Waals surface area contributed by atoms with Crippen LogP contribution in [0, 0.1) is 0 Å². The smallest absolute Gasteiger partial charge is 0.481 e. The van der Waals surface area contributed by atoms with Gasteiger partial charge in [-0.05, 0) is 32.1 Å². The second kappa shape index (κ2) is 126. The third kappa shape index (κ3) is 153. The van der Waals surface area contributed by atoms with Crippen molar-refractivity contribution in [3.8, 4) is 0 Å². The predicted octanol–water partition coefficient (Wildman–Crippen LogP) is 29.8. The van der Waals surface area contributed by atoms with Crippen LogP contribution < -0.4 is 0 Å². The molecule has 0 atom stereocenters. The first-order valence-electron chi connectivity index (χ1n) is 44.9. The van der Waals surface area contributed by atoms with E-state index in [4.69, 9.17) is 25.5 Å². The summed E-state index contributed by atoms with van der Waals surface area (Å²) in [7, 11) is 0. The molecule has 0 rings (SSSR count). The summed E-state index contributed by atoms with van der Waals surface area (Å²) in [6, 6.07) is 0. The van der Waals surface area contributed by atoms with E-state index in [1.807, 2.05) is 0 Å². The molecule has 0 heterocycles. The van der Waals surface area contributed by atoms with Gasteiger partial charge in [-0.25, -0.2) is 0 Å². The number of hydrogen-bond donors (Lipinski definition) is 5. The second-order valence-electron chi connectivity index (χ2n) is 30.5. The maximum absolute atomic E-state index is 10.3.